The van der Waals surface area contributed by atoms with Crippen LogP contribution in [0.15, 0.2) is 54.6 Å². The van der Waals surface area contributed by atoms with Crippen molar-refractivity contribution in [3.63, 3.8) is 0 Å². The van der Waals surface area contributed by atoms with Crippen LogP contribution in [0.3, 0.4) is 0 Å². The van der Waals surface area contributed by atoms with Crippen LogP contribution in [0.25, 0.3) is 0 Å². The molecule has 0 aliphatic carbocycles. The Morgan fingerprint density at radius 3 is 2.44 bits per heavy atom. The maximum atomic E-state index is 13.6. The van der Waals surface area contributed by atoms with Crippen molar-refractivity contribution >= 4 is 11.6 Å². The van der Waals surface area contributed by atoms with Crippen LogP contribution in [0.1, 0.15) is 17.5 Å². The molecule has 2 aliphatic heterocycles. The third-order valence-electron chi connectivity index (χ3n) is 5.57. The summed E-state index contributed by atoms with van der Waals surface area (Å²) in [5, 5.41) is 0. The van der Waals surface area contributed by atoms with Crippen molar-refractivity contribution in [3.05, 3.63) is 65.7 Å². The fourth-order valence-electron chi connectivity index (χ4n) is 4.19. The van der Waals surface area contributed by atoms with E-state index in [0.29, 0.717) is 6.54 Å². The third kappa shape index (κ3) is 3.16. The Labute approximate surface area is 160 Å². The van der Waals surface area contributed by atoms with Gasteiger partial charge in [-0.2, -0.15) is 0 Å². The number of fused-ring (bicyclic) bond motifs is 1. The molecule has 1 saturated heterocycles. The summed E-state index contributed by atoms with van der Waals surface area (Å²) in [6.45, 7) is 5.19. The average molecular weight is 366 g/mol. The van der Waals surface area contributed by atoms with Gasteiger partial charge >= 0.3 is 0 Å². The van der Waals surface area contributed by atoms with E-state index < -0.39 is 5.60 Å². The summed E-state index contributed by atoms with van der Waals surface area (Å²) in [7, 11) is 1.62. The van der Waals surface area contributed by atoms with Crippen molar-refractivity contribution in [2.24, 2.45) is 0 Å². The van der Waals surface area contributed by atoms with Crippen molar-refractivity contribution in [1.29, 1.82) is 0 Å². The zero-order valence-corrected chi connectivity index (χ0v) is 15.8. The second-order valence-electron chi connectivity index (χ2n) is 7.03. The van der Waals surface area contributed by atoms with E-state index in [2.05, 4.69) is 4.90 Å². The first-order valence-corrected chi connectivity index (χ1v) is 9.59. The molecule has 0 spiro atoms. The predicted octanol–water partition coefficient (Wildman–Crippen LogP) is 2.65. The van der Waals surface area contributed by atoms with Crippen LogP contribution in [-0.2, 0) is 19.9 Å². The molecule has 1 atom stereocenters. The minimum absolute atomic E-state index is 0.000576. The number of anilines is 1. The number of hydrogen-bond donors (Lipinski definition) is 0. The Morgan fingerprint density at radius 2 is 1.70 bits per heavy atom. The molecule has 4 rings (SSSR count). The van der Waals surface area contributed by atoms with Gasteiger partial charge in [-0.05, 0) is 18.1 Å². The third-order valence-corrected chi connectivity index (χ3v) is 5.57. The number of carbonyl (C=O) groups excluding carboxylic acids is 1. The zero-order chi connectivity index (χ0) is 18.7. The monoisotopic (exact) mass is 366 g/mol. The SMILES string of the molecule is COC1(c2ccccc2)C(=O)N(CCCN2CCOCC2)c2ccccc21. The van der Waals surface area contributed by atoms with Gasteiger partial charge in [-0.15, -0.1) is 0 Å². The van der Waals surface area contributed by atoms with Gasteiger partial charge in [-0.25, -0.2) is 0 Å². The molecule has 1 amide bonds. The Balaban J connectivity index is 1.59. The number of nitrogens with zero attached hydrogens (tertiary/aromatic N) is 2. The number of carbonyl (C=O) groups is 1. The first-order chi connectivity index (χ1) is 13.3. The summed E-state index contributed by atoms with van der Waals surface area (Å²) in [4.78, 5) is 17.9. The second kappa shape index (κ2) is 7.80. The lowest BCUT2D eigenvalue weighted by molar-refractivity contribution is -0.135. The number of benzene rings is 2. The minimum atomic E-state index is -1.06. The topological polar surface area (TPSA) is 42.0 Å². The molecule has 0 bridgehead atoms. The largest absolute Gasteiger partial charge is 0.379 e. The van der Waals surface area contributed by atoms with E-state index in [-0.39, 0.29) is 5.91 Å². The van der Waals surface area contributed by atoms with E-state index >= 15 is 0 Å². The Kier molecular flexibility index (Phi) is 5.25. The maximum Gasteiger partial charge on any atom is 0.268 e. The minimum Gasteiger partial charge on any atom is -0.379 e. The molecule has 1 fully saturated rings. The molecule has 2 aliphatic rings. The predicted molar refractivity (Wildman–Crippen MR) is 105 cm³/mol. The normalized spacial score (nSPS) is 22.9. The first-order valence-electron chi connectivity index (χ1n) is 9.59. The van der Waals surface area contributed by atoms with E-state index in [1.54, 1.807) is 7.11 Å². The smallest absolute Gasteiger partial charge is 0.268 e. The lowest BCUT2D eigenvalue weighted by Gasteiger charge is -2.29. The standard InChI is InChI=1S/C22H26N2O3/c1-26-22(18-8-3-2-4-9-18)19-10-5-6-11-20(19)24(21(22)25)13-7-12-23-14-16-27-17-15-23/h2-6,8-11H,7,12-17H2,1H3. The van der Waals surface area contributed by atoms with Gasteiger partial charge in [-0.1, -0.05) is 48.5 Å². The Morgan fingerprint density at radius 1 is 1.00 bits per heavy atom. The quantitative estimate of drug-likeness (QED) is 0.788. The summed E-state index contributed by atoms with van der Waals surface area (Å²) in [5.74, 6) is -0.000576. The highest BCUT2D eigenvalue weighted by Gasteiger charge is 2.52. The second-order valence-corrected chi connectivity index (χ2v) is 7.03. The van der Waals surface area contributed by atoms with Crippen LogP contribution in [0, 0.1) is 0 Å². The highest BCUT2D eigenvalue weighted by molar-refractivity contribution is 6.09. The number of rotatable bonds is 6. The van der Waals surface area contributed by atoms with E-state index in [4.69, 9.17) is 9.47 Å². The van der Waals surface area contributed by atoms with Crippen molar-refractivity contribution in [2.45, 2.75) is 12.0 Å². The highest BCUT2D eigenvalue weighted by atomic mass is 16.5. The zero-order valence-electron chi connectivity index (χ0n) is 15.8. The van der Waals surface area contributed by atoms with Gasteiger partial charge in [0, 0.05) is 38.9 Å². The molecule has 2 heterocycles. The van der Waals surface area contributed by atoms with Crippen molar-refractivity contribution < 1.29 is 14.3 Å². The number of amides is 1. The number of morpholine rings is 1. The van der Waals surface area contributed by atoms with Gasteiger partial charge in [0.15, 0.2) is 5.60 Å². The lowest BCUT2D eigenvalue weighted by atomic mass is 9.87. The summed E-state index contributed by atoms with van der Waals surface area (Å²) in [6.07, 6.45) is 0.925. The summed E-state index contributed by atoms with van der Waals surface area (Å²) < 4.78 is 11.3. The molecule has 5 nitrogen and oxygen atoms in total. The number of methoxy groups -OCH3 is 1. The fourth-order valence-corrected chi connectivity index (χ4v) is 4.19. The molecule has 5 heteroatoms. The lowest BCUT2D eigenvalue weighted by Crippen LogP contribution is -2.44. The van der Waals surface area contributed by atoms with Crippen molar-refractivity contribution in [3.8, 4) is 0 Å². The Bertz CT molecular complexity index is 789. The number of hydrogen-bond acceptors (Lipinski definition) is 4. The van der Waals surface area contributed by atoms with Gasteiger partial charge in [-0.3, -0.25) is 9.69 Å². The number of ether oxygens (including phenoxy) is 2. The van der Waals surface area contributed by atoms with Crippen LogP contribution in [-0.4, -0.2) is 57.3 Å². The van der Waals surface area contributed by atoms with Crippen molar-refractivity contribution in [1.82, 2.24) is 4.90 Å². The molecular formula is C22H26N2O3. The van der Waals surface area contributed by atoms with Gasteiger partial charge in [0.25, 0.3) is 5.91 Å². The molecular weight excluding hydrogens is 340 g/mol. The van der Waals surface area contributed by atoms with Gasteiger partial charge < -0.3 is 14.4 Å². The highest BCUT2D eigenvalue weighted by Crippen LogP contribution is 2.46. The van der Waals surface area contributed by atoms with Crippen LogP contribution in [0.4, 0.5) is 5.69 Å². The van der Waals surface area contributed by atoms with E-state index in [1.807, 2.05) is 59.5 Å². The molecule has 142 valence electrons. The van der Waals surface area contributed by atoms with Crippen LogP contribution in [0.2, 0.25) is 0 Å². The molecule has 27 heavy (non-hydrogen) atoms. The van der Waals surface area contributed by atoms with Crippen LogP contribution in [0.5, 0.6) is 0 Å². The molecule has 2 aromatic carbocycles. The summed E-state index contributed by atoms with van der Waals surface area (Å²) in [5.41, 5.74) is 1.70. The summed E-state index contributed by atoms with van der Waals surface area (Å²) in [6, 6.07) is 17.8. The molecule has 0 N–H and O–H groups in total. The fraction of sp³-hybridized carbons (Fsp3) is 0.409. The van der Waals surface area contributed by atoms with E-state index in [0.717, 1.165) is 56.1 Å². The summed E-state index contributed by atoms with van der Waals surface area (Å²) >= 11 is 0. The van der Waals surface area contributed by atoms with Crippen LogP contribution < -0.4 is 4.90 Å². The van der Waals surface area contributed by atoms with E-state index in [1.165, 1.54) is 0 Å². The van der Waals surface area contributed by atoms with Crippen molar-refractivity contribution in [2.75, 3.05) is 51.4 Å². The van der Waals surface area contributed by atoms with Gasteiger partial charge in [0.05, 0.1) is 18.9 Å². The molecule has 0 radical (unpaired) electrons. The Hall–Kier alpha value is -2.21. The number of para-hydroxylation sites is 1. The molecule has 0 saturated carbocycles. The van der Waals surface area contributed by atoms with Gasteiger partial charge in [0.2, 0.25) is 0 Å². The molecule has 1 unspecified atom stereocenters. The first kappa shape index (κ1) is 18.2. The van der Waals surface area contributed by atoms with Crippen LogP contribution >= 0.6 is 0 Å². The molecule has 2 aromatic rings. The van der Waals surface area contributed by atoms with Gasteiger partial charge in [0.1, 0.15) is 0 Å². The molecule has 0 aromatic heterocycles. The van der Waals surface area contributed by atoms with E-state index in [9.17, 15) is 4.79 Å². The maximum absolute atomic E-state index is 13.6. The average Bonchev–Trinajstić information content (AvgIpc) is 2.98.